The van der Waals surface area contributed by atoms with Gasteiger partial charge < -0.3 is 24.2 Å². The molecule has 0 saturated carbocycles. The standard InChI is InChI=1S/C22H38N2O4/c1-5-23(6-2)15-20(25)17-28-21-8-7-19(13-22(21)27-4)14-24-11-9-18(10-12-24)16-26-3/h7-8,13,18,20,25H,5-6,9-12,14-17H2,1-4H3. The fourth-order valence-corrected chi connectivity index (χ4v) is 3.75. The molecular weight excluding hydrogens is 356 g/mol. The van der Waals surface area contributed by atoms with Crippen LogP contribution in [0.25, 0.3) is 0 Å². The summed E-state index contributed by atoms with van der Waals surface area (Å²) in [5.74, 6) is 2.10. The number of methoxy groups -OCH3 is 2. The number of rotatable bonds is 12. The number of piperidine rings is 1. The van der Waals surface area contributed by atoms with Crippen LogP contribution in [0.3, 0.4) is 0 Å². The number of hydrogen-bond donors (Lipinski definition) is 1. The number of aliphatic hydroxyl groups is 1. The van der Waals surface area contributed by atoms with Gasteiger partial charge in [0.25, 0.3) is 0 Å². The number of nitrogens with zero attached hydrogens (tertiary/aromatic N) is 2. The van der Waals surface area contributed by atoms with Crippen LogP contribution in [-0.2, 0) is 11.3 Å². The summed E-state index contributed by atoms with van der Waals surface area (Å²) >= 11 is 0. The first kappa shape index (κ1) is 22.9. The van der Waals surface area contributed by atoms with E-state index in [1.807, 2.05) is 12.1 Å². The Hall–Kier alpha value is -1.34. The van der Waals surface area contributed by atoms with Crippen LogP contribution in [0.5, 0.6) is 11.5 Å². The molecule has 0 amide bonds. The molecule has 1 aliphatic rings. The van der Waals surface area contributed by atoms with Crippen LogP contribution in [0.1, 0.15) is 32.3 Å². The van der Waals surface area contributed by atoms with Gasteiger partial charge in [-0.25, -0.2) is 0 Å². The van der Waals surface area contributed by atoms with Gasteiger partial charge in [0.15, 0.2) is 11.5 Å². The smallest absolute Gasteiger partial charge is 0.161 e. The highest BCUT2D eigenvalue weighted by Gasteiger charge is 2.19. The average molecular weight is 395 g/mol. The first-order chi connectivity index (χ1) is 13.6. The highest BCUT2D eigenvalue weighted by atomic mass is 16.5. The minimum absolute atomic E-state index is 0.263. The molecule has 1 aromatic rings. The summed E-state index contributed by atoms with van der Waals surface area (Å²) in [6, 6.07) is 6.10. The van der Waals surface area contributed by atoms with Crippen molar-refractivity contribution in [2.24, 2.45) is 5.92 Å². The molecular formula is C22H38N2O4. The Bertz CT molecular complexity index is 557. The maximum atomic E-state index is 10.2. The normalized spacial score (nSPS) is 17.1. The van der Waals surface area contributed by atoms with Gasteiger partial charge in [-0.15, -0.1) is 0 Å². The van der Waals surface area contributed by atoms with E-state index in [-0.39, 0.29) is 6.61 Å². The molecule has 0 bridgehead atoms. The van der Waals surface area contributed by atoms with Crippen molar-refractivity contribution >= 4 is 0 Å². The van der Waals surface area contributed by atoms with E-state index in [1.165, 1.54) is 18.4 Å². The Morgan fingerprint density at radius 1 is 1.14 bits per heavy atom. The van der Waals surface area contributed by atoms with Gasteiger partial charge in [0, 0.05) is 26.8 Å². The van der Waals surface area contributed by atoms with E-state index in [0.29, 0.717) is 18.2 Å². The predicted octanol–water partition coefficient (Wildman–Crippen LogP) is 2.64. The lowest BCUT2D eigenvalue weighted by Crippen LogP contribution is -2.35. The molecule has 0 spiro atoms. The average Bonchev–Trinajstić information content (AvgIpc) is 2.72. The molecule has 28 heavy (non-hydrogen) atoms. The lowest BCUT2D eigenvalue weighted by molar-refractivity contribution is 0.0705. The molecule has 1 fully saturated rings. The van der Waals surface area contributed by atoms with Crippen LogP contribution >= 0.6 is 0 Å². The first-order valence-corrected chi connectivity index (χ1v) is 10.5. The Labute approximate surface area is 170 Å². The Morgan fingerprint density at radius 3 is 2.46 bits per heavy atom. The lowest BCUT2D eigenvalue weighted by atomic mass is 9.97. The van der Waals surface area contributed by atoms with E-state index in [4.69, 9.17) is 14.2 Å². The van der Waals surface area contributed by atoms with Gasteiger partial charge in [-0.3, -0.25) is 4.90 Å². The number of hydrogen-bond acceptors (Lipinski definition) is 6. The molecule has 0 radical (unpaired) electrons. The highest BCUT2D eigenvalue weighted by molar-refractivity contribution is 5.43. The monoisotopic (exact) mass is 394 g/mol. The summed E-state index contributed by atoms with van der Waals surface area (Å²) in [7, 11) is 3.44. The SMILES string of the molecule is CCN(CC)CC(O)COc1ccc(CN2CCC(COC)CC2)cc1OC. The lowest BCUT2D eigenvalue weighted by Gasteiger charge is -2.31. The molecule has 1 unspecified atom stereocenters. The van der Waals surface area contributed by atoms with E-state index in [0.717, 1.165) is 45.1 Å². The van der Waals surface area contributed by atoms with Gasteiger partial charge in [0.2, 0.25) is 0 Å². The van der Waals surface area contributed by atoms with Crippen molar-refractivity contribution < 1.29 is 19.3 Å². The van der Waals surface area contributed by atoms with Gasteiger partial charge in [0.1, 0.15) is 12.7 Å². The van der Waals surface area contributed by atoms with Crippen LogP contribution in [-0.4, -0.2) is 81.2 Å². The molecule has 1 aliphatic heterocycles. The summed E-state index contributed by atoms with van der Waals surface area (Å²) in [5, 5.41) is 10.2. The number of aliphatic hydroxyl groups excluding tert-OH is 1. The second-order valence-corrected chi connectivity index (χ2v) is 7.61. The van der Waals surface area contributed by atoms with Crippen molar-refractivity contribution in [3.63, 3.8) is 0 Å². The third-order valence-electron chi connectivity index (χ3n) is 5.54. The Morgan fingerprint density at radius 2 is 1.86 bits per heavy atom. The maximum absolute atomic E-state index is 10.2. The minimum atomic E-state index is -0.516. The van der Waals surface area contributed by atoms with E-state index in [2.05, 4.69) is 29.7 Å². The summed E-state index contributed by atoms with van der Waals surface area (Å²) in [6.07, 6.45) is 1.87. The Kier molecular flexibility index (Phi) is 10.1. The third kappa shape index (κ3) is 7.24. The minimum Gasteiger partial charge on any atom is -0.493 e. The molecule has 0 aromatic heterocycles. The molecule has 2 rings (SSSR count). The van der Waals surface area contributed by atoms with Crippen molar-refractivity contribution in [3.05, 3.63) is 23.8 Å². The predicted molar refractivity (Wildman–Crippen MR) is 112 cm³/mol. The zero-order chi connectivity index (χ0) is 20.4. The summed E-state index contributed by atoms with van der Waals surface area (Å²) < 4.78 is 16.6. The van der Waals surface area contributed by atoms with Crippen LogP contribution in [0.15, 0.2) is 18.2 Å². The summed E-state index contributed by atoms with van der Waals surface area (Å²) in [6.45, 7) is 10.9. The van der Waals surface area contributed by atoms with Crippen molar-refractivity contribution in [1.82, 2.24) is 9.80 Å². The highest BCUT2D eigenvalue weighted by Crippen LogP contribution is 2.29. The largest absolute Gasteiger partial charge is 0.493 e. The van der Waals surface area contributed by atoms with E-state index in [9.17, 15) is 5.11 Å². The number of likely N-dealkylation sites (tertiary alicyclic amines) is 1. The molecule has 1 heterocycles. The number of ether oxygens (including phenoxy) is 3. The van der Waals surface area contributed by atoms with Crippen molar-refractivity contribution in [3.8, 4) is 11.5 Å². The number of likely N-dealkylation sites (N-methyl/N-ethyl adjacent to an activating group) is 1. The topological polar surface area (TPSA) is 54.4 Å². The van der Waals surface area contributed by atoms with Crippen molar-refractivity contribution in [2.45, 2.75) is 39.3 Å². The second-order valence-electron chi connectivity index (χ2n) is 7.61. The van der Waals surface area contributed by atoms with E-state index >= 15 is 0 Å². The van der Waals surface area contributed by atoms with Crippen LogP contribution in [0, 0.1) is 5.92 Å². The van der Waals surface area contributed by atoms with Crippen LogP contribution in [0.4, 0.5) is 0 Å². The Balaban J connectivity index is 1.86. The van der Waals surface area contributed by atoms with Gasteiger partial charge in [-0.05, 0) is 62.6 Å². The van der Waals surface area contributed by atoms with Gasteiger partial charge in [-0.1, -0.05) is 19.9 Å². The molecule has 1 saturated heterocycles. The molecule has 160 valence electrons. The third-order valence-corrected chi connectivity index (χ3v) is 5.54. The summed E-state index contributed by atoms with van der Waals surface area (Å²) in [5.41, 5.74) is 1.22. The maximum Gasteiger partial charge on any atom is 0.161 e. The van der Waals surface area contributed by atoms with Crippen LogP contribution < -0.4 is 9.47 Å². The zero-order valence-corrected chi connectivity index (χ0v) is 18.0. The first-order valence-electron chi connectivity index (χ1n) is 10.5. The number of benzene rings is 1. The zero-order valence-electron chi connectivity index (χ0n) is 18.0. The summed E-state index contributed by atoms with van der Waals surface area (Å²) in [4.78, 5) is 4.67. The molecule has 1 atom stereocenters. The van der Waals surface area contributed by atoms with E-state index in [1.54, 1.807) is 14.2 Å². The van der Waals surface area contributed by atoms with Crippen molar-refractivity contribution in [1.29, 1.82) is 0 Å². The molecule has 1 aromatic carbocycles. The fraction of sp³-hybridized carbons (Fsp3) is 0.727. The quantitative estimate of drug-likeness (QED) is 0.588. The van der Waals surface area contributed by atoms with E-state index < -0.39 is 6.10 Å². The second kappa shape index (κ2) is 12.3. The fourth-order valence-electron chi connectivity index (χ4n) is 3.75. The van der Waals surface area contributed by atoms with Gasteiger partial charge >= 0.3 is 0 Å². The van der Waals surface area contributed by atoms with Gasteiger partial charge in [0.05, 0.1) is 7.11 Å². The molecule has 0 aliphatic carbocycles. The van der Waals surface area contributed by atoms with Gasteiger partial charge in [-0.2, -0.15) is 0 Å². The van der Waals surface area contributed by atoms with Crippen LogP contribution in [0.2, 0.25) is 0 Å². The van der Waals surface area contributed by atoms with Crippen molar-refractivity contribution in [2.75, 3.05) is 60.2 Å². The molecule has 6 nitrogen and oxygen atoms in total. The molecule has 1 N–H and O–H groups in total. The molecule has 6 heteroatoms.